The van der Waals surface area contributed by atoms with E-state index in [2.05, 4.69) is 45.9 Å². The van der Waals surface area contributed by atoms with Crippen LogP contribution in [0.25, 0.3) is 0 Å². The Morgan fingerprint density at radius 3 is 2.36 bits per heavy atom. The smallest absolute Gasteiger partial charge is 0.259 e. The third-order valence-electron chi connectivity index (χ3n) is 5.72. The molecule has 28 heavy (non-hydrogen) atoms. The number of benzene rings is 1. The van der Waals surface area contributed by atoms with Gasteiger partial charge in [-0.1, -0.05) is 17.7 Å². The first-order valence-electron chi connectivity index (χ1n) is 9.97. The molecule has 0 unspecified atom stereocenters. The quantitative estimate of drug-likeness (QED) is 0.804. The van der Waals surface area contributed by atoms with Crippen LogP contribution in [0.1, 0.15) is 16.8 Å². The second-order valence-corrected chi connectivity index (χ2v) is 7.75. The molecule has 0 spiro atoms. The van der Waals surface area contributed by atoms with E-state index in [1.165, 1.54) is 5.56 Å². The maximum atomic E-state index is 13.0. The molecule has 4 rings (SSSR count). The summed E-state index contributed by atoms with van der Waals surface area (Å²) >= 11 is 0. The molecule has 1 saturated heterocycles. The number of hydrogen-bond donors (Lipinski definition) is 0. The molecule has 150 valence electrons. The Bertz CT molecular complexity index is 887. The monoisotopic (exact) mass is 383 g/mol. The average Bonchev–Trinajstić information content (AvgIpc) is 2.72. The van der Waals surface area contributed by atoms with Gasteiger partial charge in [0, 0.05) is 43.1 Å². The number of rotatable bonds is 4. The second kappa shape index (κ2) is 8.03. The average molecular weight is 383 g/mol. The van der Waals surface area contributed by atoms with Gasteiger partial charge in [0.1, 0.15) is 0 Å². The van der Waals surface area contributed by atoms with E-state index in [-0.39, 0.29) is 5.56 Å². The molecule has 1 fully saturated rings. The van der Waals surface area contributed by atoms with Crippen LogP contribution in [0.15, 0.2) is 29.1 Å². The molecule has 2 aliphatic heterocycles. The Kier molecular flexibility index (Phi) is 5.48. The SMILES string of the molecule is Cc1ccc(N2CN(CCN3CCOCC3)Cn3c2nc(C)c(C)c3=O)cc1. The topological polar surface area (TPSA) is 53.8 Å². The summed E-state index contributed by atoms with van der Waals surface area (Å²) in [5.74, 6) is 0.736. The Hall–Kier alpha value is -2.22. The van der Waals surface area contributed by atoms with Gasteiger partial charge in [-0.05, 0) is 32.9 Å². The van der Waals surface area contributed by atoms with Crippen molar-refractivity contribution in [1.29, 1.82) is 0 Å². The zero-order chi connectivity index (χ0) is 19.7. The highest BCUT2D eigenvalue weighted by atomic mass is 16.5. The maximum absolute atomic E-state index is 13.0. The van der Waals surface area contributed by atoms with Crippen LogP contribution in [0.3, 0.4) is 0 Å². The van der Waals surface area contributed by atoms with Crippen molar-refractivity contribution in [3.05, 3.63) is 51.4 Å². The van der Waals surface area contributed by atoms with Crippen molar-refractivity contribution < 1.29 is 4.74 Å². The Balaban J connectivity index is 1.63. The van der Waals surface area contributed by atoms with Crippen LogP contribution < -0.4 is 10.5 Å². The number of morpholine rings is 1. The van der Waals surface area contributed by atoms with Gasteiger partial charge in [0.2, 0.25) is 5.95 Å². The molecule has 7 heteroatoms. The molecule has 0 aliphatic carbocycles. The van der Waals surface area contributed by atoms with Crippen molar-refractivity contribution in [2.75, 3.05) is 51.0 Å². The minimum Gasteiger partial charge on any atom is -0.379 e. The summed E-state index contributed by atoms with van der Waals surface area (Å²) in [5, 5.41) is 0. The van der Waals surface area contributed by atoms with Crippen LogP contribution in [0.2, 0.25) is 0 Å². The van der Waals surface area contributed by atoms with Crippen molar-refractivity contribution in [2.45, 2.75) is 27.4 Å². The van der Waals surface area contributed by atoms with Crippen LogP contribution >= 0.6 is 0 Å². The fourth-order valence-corrected chi connectivity index (χ4v) is 3.75. The molecule has 7 nitrogen and oxygen atoms in total. The maximum Gasteiger partial charge on any atom is 0.259 e. The molecule has 1 aromatic carbocycles. The van der Waals surface area contributed by atoms with E-state index in [1.54, 1.807) is 0 Å². The lowest BCUT2D eigenvalue weighted by Gasteiger charge is -2.39. The van der Waals surface area contributed by atoms with Gasteiger partial charge in [-0.3, -0.25) is 24.1 Å². The molecular weight excluding hydrogens is 354 g/mol. The van der Waals surface area contributed by atoms with Crippen molar-refractivity contribution in [3.63, 3.8) is 0 Å². The van der Waals surface area contributed by atoms with Gasteiger partial charge in [-0.2, -0.15) is 0 Å². The van der Waals surface area contributed by atoms with Gasteiger partial charge in [0.05, 0.1) is 26.6 Å². The molecule has 0 radical (unpaired) electrons. The number of aromatic nitrogens is 2. The van der Waals surface area contributed by atoms with Crippen LogP contribution in [0.5, 0.6) is 0 Å². The van der Waals surface area contributed by atoms with E-state index < -0.39 is 0 Å². The van der Waals surface area contributed by atoms with Crippen molar-refractivity contribution in [3.8, 4) is 0 Å². The molecule has 3 heterocycles. The third-order valence-corrected chi connectivity index (χ3v) is 5.72. The van der Waals surface area contributed by atoms with Gasteiger partial charge in [-0.15, -0.1) is 0 Å². The summed E-state index contributed by atoms with van der Waals surface area (Å²) in [7, 11) is 0. The minimum absolute atomic E-state index is 0.0516. The lowest BCUT2D eigenvalue weighted by molar-refractivity contribution is 0.0310. The molecule has 2 aromatic rings. The Morgan fingerprint density at radius 1 is 0.964 bits per heavy atom. The van der Waals surface area contributed by atoms with Crippen LogP contribution in [0, 0.1) is 20.8 Å². The van der Waals surface area contributed by atoms with Crippen molar-refractivity contribution in [2.24, 2.45) is 0 Å². The van der Waals surface area contributed by atoms with Crippen LogP contribution in [-0.2, 0) is 11.4 Å². The zero-order valence-electron chi connectivity index (χ0n) is 17.0. The van der Waals surface area contributed by atoms with Gasteiger partial charge >= 0.3 is 0 Å². The lowest BCUT2D eigenvalue weighted by Crippen LogP contribution is -2.50. The number of ether oxygens (including phenoxy) is 1. The molecule has 0 bridgehead atoms. The van der Waals surface area contributed by atoms with E-state index >= 15 is 0 Å². The van der Waals surface area contributed by atoms with Crippen molar-refractivity contribution in [1.82, 2.24) is 19.4 Å². The van der Waals surface area contributed by atoms with Gasteiger partial charge in [-0.25, -0.2) is 4.98 Å². The van der Waals surface area contributed by atoms with E-state index in [0.29, 0.717) is 6.67 Å². The first kappa shape index (κ1) is 19.1. The Morgan fingerprint density at radius 2 is 1.64 bits per heavy atom. The van der Waals surface area contributed by atoms with Crippen LogP contribution in [0.4, 0.5) is 11.6 Å². The summed E-state index contributed by atoms with van der Waals surface area (Å²) in [4.78, 5) is 24.6. The van der Waals surface area contributed by atoms with Crippen molar-refractivity contribution >= 4 is 11.6 Å². The largest absolute Gasteiger partial charge is 0.379 e. The number of anilines is 2. The number of hydrogen-bond acceptors (Lipinski definition) is 6. The number of fused-ring (bicyclic) bond motifs is 1. The first-order chi connectivity index (χ1) is 13.5. The molecular formula is C21H29N5O2. The highest BCUT2D eigenvalue weighted by molar-refractivity contribution is 5.58. The van der Waals surface area contributed by atoms with E-state index in [0.717, 1.165) is 69.0 Å². The highest BCUT2D eigenvalue weighted by Crippen LogP contribution is 2.27. The third kappa shape index (κ3) is 3.83. The fraction of sp³-hybridized carbons (Fsp3) is 0.524. The summed E-state index contributed by atoms with van der Waals surface area (Å²) in [6.07, 6.45) is 0. The first-order valence-corrected chi connectivity index (χ1v) is 9.97. The molecule has 0 atom stereocenters. The molecule has 1 aromatic heterocycles. The summed E-state index contributed by atoms with van der Waals surface area (Å²) in [6, 6.07) is 8.41. The lowest BCUT2D eigenvalue weighted by atomic mass is 10.2. The molecule has 2 aliphatic rings. The standard InChI is InChI=1S/C21H29N5O2/c1-16-4-6-19(7-5-16)25-14-24(9-8-23-10-12-28-13-11-23)15-26-20(27)17(2)18(3)22-21(25)26/h4-7H,8-15H2,1-3H3. The minimum atomic E-state index is 0.0516. The molecule has 0 N–H and O–H groups in total. The predicted octanol–water partition coefficient (Wildman–Crippen LogP) is 1.87. The number of nitrogens with zero attached hydrogens (tertiary/aromatic N) is 5. The van der Waals surface area contributed by atoms with E-state index in [4.69, 9.17) is 9.72 Å². The summed E-state index contributed by atoms with van der Waals surface area (Å²) in [5.41, 5.74) is 3.86. The van der Waals surface area contributed by atoms with Gasteiger partial charge < -0.3 is 4.74 Å². The van der Waals surface area contributed by atoms with Gasteiger partial charge in [0.15, 0.2) is 0 Å². The van der Waals surface area contributed by atoms with E-state index in [1.807, 2.05) is 18.4 Å². The van der Waals surface area contributed by atoms with Crippen LogP contribution in [-0.4, -0.2) is 65.4 Å². The number of aryl methyl sites for hydroxylation is 2. The second-order valence-electron chi connectivity index (χ2n) is 7.75. The predicted molar refractivity (Wildman–Crippen MR) is 110 cm³/mol. The fourth-order valence-electron chi connectivity index (χ4n) is 3.75. The molecule has 0 saturated carbocycles. The summed E-state index contributed by atoms with van der Waals surface area (Å²) in [6.45, 7) is 12.6. The zero-order valence-corrected chi connectivity index (χ0v) is 17.0. The summed E-state index contributed by atoms with van der Waals surface area (Å²) < 4.78 is 7.26. The van der Waals surface area contributed by atoms with E-state index in [9.17, 15) is 4.79 Å². The normalized spacial score (nSPS) is 18.3. The highest BCUT2D eigenvalue weighted by Gasteiger charge is 2.27. The van der Waals surface area contributed by atoms with Gasteiger partial charge in [0.25, 0.3) is 5.56 Å². The Labute approximate surface area is 166 Å². The molecule has 0 amide bonds.